The van der Waals surface area contributed by atoms with E-state index in [0.717, 1.165) is 47.9 Å². The molecule has 0 radical (unpaired) electrons. The number of para-hydroxylation sites is 1. The maximum absolute atomic E-state index is 14.1. The fraction of sp³-hybridized carbons (Fsp3) is 0.280. The van der Waals surface area contributed by atoms with Crippen molar-refractivity contribution in [3.63, 3.8) is 0 Å². The summed E-state index contributed by atoms with van der Waals surface area (Å²) < 4.78 is 62.5. The van der Waals surface area contributed by atoms with Crippen molar-refractivity contribution in [2.24, 2.45) is 0 Å². The number of pyridine rings is 1. The minimum Gasteiger partial charge on any atom is -0.386 e. The number of benzene rings is 1. The summed E-state index contributed by atoms with van der Waals surface area (Å²) in [5, 5.41) is 19.9. The van der Waals surface area contributed by atoms with Gasteiger partial charge in [0.1, 0.15) is 5.82 Å². The van der Waals surface area contributed by atoms with Crippen LogP contribution in [0.25, 0.3) is 27.9 Å². The number of aryl methyl sites for hydroxylation is 1. The molecule has 6 rings (SSSR count). The smallest absolute Gasteiger partial charge is 0.228 e. The minimum absolute atomic E-state index is 0.0502. The van der Waals surface area contributed by atoms with Crippen LogP contribution in [0.4, 0.5) is 10.3 Å². The molecule has 34 heavy (non-hydrogen) atoms. The Balaban J connectivity index is 1.49. The number of H-pyrrole nitrogens is 1. The molecule has 1 aliphatic rings. The Hall–Kier alpha value is -3.85. The highest BCUT2D eigenvalue weighted by molar-refractivity contribution is 5.85. The van der Waals surface area contributed by atoms with Crippen LogP contribution in [0.2, 0.25) is 0 Å². The molecule has 0 spiro atoms. The van der Waals surface area contributed by atoms with Crippen LogP contribution >= 0.6 is 0 Å². The normalized spacial score (nSPS) is 19.5. The summed E-state index contributed by atoms with van der Waals surface area (Å²) in [6.45, 7) is -6.70. The van der Waals surface area contributed by atoms with Gasteiger partial charge < -0.3 is 15.4 Å². The fourth-order valence-corrected chi connectivity index (χ4v) is 4.56. The predicted molar refractivity (Wildman–Crippen MR) is 127 cm³/mol. The first kappa shape index (κ1) is 15.1. The van der Waals surface area contributed by atoms with Crippen LogP contribution in [0, 0.1) is 5.82 Å². The highest BCUT2D eigenvalue weighted by Crippen LogP contribution is 2.31. The molecule has 4 heterocycles. The van der Waals surface area contributed by atoms with Gasteiger partial charge in [-0.25, -0.2) is 9.37 Å². The van der Waals surface area contributed by atoms with E-state index in [4.69, 9.17) is 8.22 Å². The number of aliphatic hydroxyl groups is 1. The summed E-state index contributed by atoms with van der Waals surface area (Å²) in [5.74, 6) is -0.571. The number of aromatic nitrogens is 6. The molecule has 0 saturated heterocycles. The topological polar surface area (TPSA) is 104 Å². The Bertz CT molecular complexity index is 1730. The van der Waals surface area contributed by atoms with Crippen molar-refractivity contribution in [3.05, 3.63) is 71.6 Å². The number of nitrogens with zero attached hydrogens (tertiary/aromatic N) is 5. The summed E-state index contributed by atoms with van der Waals surface area (Å²) in [6.07, 6.45) is 5.44. The van der Waals surface area contributed by atoms with Crippen molar-refractivity contribution in [2.75, 3.05) is 5.32 Å². The molecule has 1 aromatic carbocycles. The first-order chi connectivity index (χ1) is 18.9. The summed E-state index contributed by atoms with van der Waals surface area (Å²) in [6, 6.07) is 9.04. The van der Waals surface area contributed by atoms with Crippen LogP contribution in [-0.4, -0.2) is 40.7 Å². The first-order valence-electron chi connectivity index (χ1n) is 13.8. The lowest BCUT2D eigenvalue weighted by molar-refractivity contribution is 0.0799. The van der Waals surface area contributed by atoms with E-state index in [0.29, 0.717) is 6.42 Å². The lowest BCUT2D eigenvalue weighted by Crippen LogP contribution is -2.29. The molecular formula is C25H24FN7O. The van der Waals surface area contributed by atoms with Gasteiger partial charge in [-0.2, -0.15) is 14.6 Å². The quantitative estimate of drug-likeness (QED) is 0.372. The molecule has 0 fully saturated rings. The van der Waals surface area contributed by atoms with E-state index in [1.807, 2.05) is 18.2 Å². The van der Waals surface area contributed by atoms with Gasteiger partial charge in [-0.3, -0.25) is 4.98 Å². The number of anilines is 1. The molecule has 8 nitrogen and oxygen atoms in total. The van der Waals surface area contributed by atoms with Crippen molar-refractivity contribution in [1.82, 2.24) is 29.5 Å². The number of hydrogen-bond donors (Lipinski definition) is 3. The third-order valence-electron chi connectivity index (χ3n) is 6.15. The van der Waals surface area contributed by atoms with Crippen molar-refractivity contribution < 1.29 is 17.7 Å². The van der Waals surface area contributed by atoms with E-state index < -0.39 is 30.7 Å². The molecule has 1 atom stereocenters. The molecule has 4 aromatic heterocycles. The van der Waals surface area contributed by atoms with Crippen LogP contribution in [0.5, 0.6) is 0 Å². The molecule has 3 N–H and O–H groups in total. The van der Waals surface area contributed by atoms with Crippen LogP contribution < -0.4 is 5.32 Å². The molecule has 0 aliphatic heterocycles. The monoisotopic (exact) mass is 463 g/mol. The average Bonchev–Trinajstić information content (AvgIpc) is 3.48. The van der Waals surface area contributed by atoms with E-state index in [9.17, 15) is 9.50 Å². The van der Waals surface area contributed by atoms with Crippen molar-refractivity contribution in [1.29, 1.82) is 0 Å². The van der Waals surface area contributed by atoms with Gasteiger partial charge in [0.25, 0.3) is 0 Å². The van der Waals surface area contributed by atoms with Gasteiger partial charge in [0.05, 0.1) is 18.0 Å². The molecule has 1 aliphatic carbocycles. The highest BCUT2D eigenvalue weighted by Gasteiger charge is 2.27. The Morgan fingerprint density at radius 1 is 1.24 bits per heavy atom. The van der Waals surface area contributed by atoms with Crippen LogP contribution in [-0.2, 0) is 18.4 Å². The lowest BCUT2D eigenvalue weighted by atomic mass is 9.91. The zero-order chi connectivity index (χ0) is 28.4. The molecule has 0 amide bonds. The number of hydrogen-bond acceptors (Lipinski definition) is 6. The van der Waals surface area contributed by atoms with Gasteiger partial charge in [-0.05, 0) is 50.7 Å². The van der Waals surface area contributed by atoms with Crippen LogP contribution in [0.1, 0.15) is 45.2 Å². The second kappa shape index (κ2) is 7.59. The molecule has 0 bridgehead atoms. The average molecular weight is 464 g/mol. The van der Waals surface area contributed by atoms with E-state index in [1.54, 1.807) is 0 Å². The Morgan fingerprint density at radius 2 is 2.12 bits per heavy atom. The maximum atomic E-state index is 14.1. The fourth-order valence-electron chi connectivity index (χ4n) is 4.56. The molecule has 0 saturated carbocycles. The van der Waals surface area contributed by atoms with E-state index in [-0.39, 0.29) is 29.0 Å². The zero-order valence-corrected chi connectivity index (χ0v) is 17.9. The summed E-state index contributed by atoms with van der Waals surface area (Å²) in [5.41, 5.74) is -0.509. The highest BCUT2D eigenvalue weighted by atomic mass is 19.1. The number of rotatable bonds is 4. The lowest BCUT2D eigenvalue weighted by Gasteiger charge is -2.24. The predicted octanol–water partition coefficient (Wildman–Crippen LogP) is 4.00. The summed E-state index contributed by atoms with van der Waals surface area (Å²) >= 11 is 0. The zero-order valence-electron chi connectivity index (χ0n) is 23.9. The molecule has 9 heteroatoms. The van der Waals surface area contributed by atoms with Crippen molar-refractivity contribution in [2.45, 2.75) is 44.6 Å². The molecule has 0 unspecified atom stereocenters. The number of fused-ring (bicyclic) bond motifs is 4. The summed E-state index contributed by atoms with van der Waals surface area (Å²) in [4.78, 5) is 16.2. The molecule has 5 aromatic rings. The number of nitrogens with one attached hydrogen (secondary N) is 2. The maximum Gasteiger partial charge on any atom is 0.228 e. The van der Waals surface area contributed by atoms with Gasteiger partial charge in [-0.1, -0.05) is 18.2 Å². The van der Waals surface area contributed by atoms with Crippen LogP contribution in [0.15, 0.2) is 48.9 Å². The van der Waals surface area contributed by atoms with E-state index >= 15 is 0 Å². The number of aromatic amines is 1. The third kappa shape index (κ3) is 3.49. The minimum atomic E-state index is -3.35. The first-order valence-corrected chi connectivity index (χ1v) is 10.8. The van der Waals surface area contributed by atoms with Gasteiger partial charge in [0, 0.05) is 48.2 Å². The standard InChI is InChI=1S/C25H24FN7O/c1-25(2,34)19-13-28-33-23(19)31-22(14-9-15(26)12-27-11-14)32-24(33)29-16-7-8-21-18(10-16)17-5-3-4-6-20(17)30-21/h3-6,9,11-13,16,30,34H,7-8,10H2,1-2H3,(H,29,31,32)/t16-/m1/s1/i1D3,2D3. The SMILES string of the molecule is [2H]C([2H])([2H])C(O)(c1cnn2c(N[C@@H]3CCc4[nH]c5ccccc5c4C3)nc(-c3cncc(F)c3)nc12)C([2H])([2H])[2H]. The largest absolute Gasteiger partial charge is 0.386 e. The summed E-state index contributed by atoms with van der Waals surface area (Å²) in [7, 11) is 0. The number of halogens is 1. The molecule has 172 valence electrons. The van der Waals surface area contributed by atoms with Gasteiger partial charge >= 0.3 is 0 Å². The third-order valence-corrected chi connectivity index (χ3v) is 6.15. The second-order valence-electron chi connectivity index (χ2n) is 8.48. The van der Waals surface area contributed by atoms with Gasteiger partial charge in [0.2, 0.25) is 5.95 Å². The van der Waals surface area contributed by atoms with Gasteiger partial charge in [-0.15, -0.1) is 0 Å². The Labute approximate surface area is 203 Å². The van der Waals surface area contributed by atoms with Crippen molar-refractivity contribution in [3.8, 4) is 11.4 Å². The van der Waals surface area contributed by atoms with Crippen LogP contribution in [0.3, 0.4) is 0 Å². The molecular weight excluding hydrogens is 433 g/mol. The van der Waals surface area contributed by atoms with E-state index in [1.165, 1.54) is 16.3 Å². The van der Waals surface area contributed by atoms with E-state index in [2.05, 4.69) is 36.4 Å². The van der Waals surface area contributed by atoms with Crippen molar-refractivity contribution >= 4 is 22.5 Å². The Morgan fingerprint density at radius 3 is 2.97 bits per heavy atom. The second-order valence-corrected chi connectivity index (χ2v) is 8.48. The Kier molecular flexibility index (Phi) is 3.38. The van der Waals surface area contributed by atoms with Gasteiger partial charge in [0.15, 0.2) is 11.5 Å².